The van der Waals surface area contributed by atoms with E-state index in [0.717, 1.165) is 13.2 Å². The van der Waals surface area contributed by atoms with E-state index in [1.165, 1.54) is 12.8 Å². The van der Waals surface area contributed by atoms with Gasteiger partial charge in [-0.25, -0.2) is 0 Å². The van der Waals surface area contributed by atoms with Gasteiger partial charge in [0, 0.05) is 31.6 Å². The smallest absolute Gasteiger partial charge is 0.0615 e. The van der Waals surface area contributed by atoms with Gasteiger partial charge in [0.05, 0.1) is 6.61 Å². The lowest BCUT2D eigenvalue weighted by atomic mass is 10.1. The first-order valence-corrected chi connectivity index (χ1v) is 6.05. The molecule has 0 aromatic heterocycles. The highest BCUT2D eigenvalue weighted by Gasteiger charge is 2.19. The topological polar surface area (TPSA) is 12.5 Å². The Bertz CT molecular complexity index is 128. The molecule has 3 heteroatoms. The van der Waals surface area contributed by atoms with Crippen LogP contribution in [0.4, 0.5) is 0 Å². The lowest BCUT2D eigenvalue weighted by molar-refractivity contribution is 0.0707. The van der Waals surface area contributed by atoms with Crippen LogP contribution in [0.25, 0.3) is 0 Å². The molecule has 0 aromatic rings. The Labute approximate surface area is 93.6 Å². The SMILES string of the molecule is CCC(CC)N(CCCl)C(C)COC. The Morgan fingerprint density at radius 2 is 1.86 bits per heavy atom. The zero-order valence-electron chi connectivity index (χ0n) is 9.92. The molecule has 0 aliphatic carbocycles. The van der Waals surface area contributed by atoms with Gasteiger partial charge in [-0.2, -0.15) is 0 Å². The predicted octanol–water partition coefficient (Wildman–Crippen LogP) is 2.75. The van der Waals surface area contributed by atoms with E-state index >= 15 is 0 Å². The first kappa shape index (κ1) is 14.2. The highest BCUT2D eigenvalue weighted by molar-refractivity contribution is 6.18. The summed E-state index contributed by atoms with van der Waals surface area (Å²) in [5, 5.41) is 0. The highest BCUT2D eigenvalue weighted by Crippen LogP contribution is 2.12. The maximum atomic E-state index is 5.82. The molecular formula is C11H24ClNO. The van der Waals surface area contributed by atoms with E-state index in [2.05, 4.69) is 25.7 Å². The molecule has 14 heavy (non-hydrogen) atoms. The van der Waals surface area contributed by atoms with Gasteiger partial charge in [0.15, 0.2) is 0 Å². The number of nitrogens with zero attached hydrogens (tertiary/aromatic N) is 1. The number of rotatable bonds is 8. The molecule has 0 aromatic carbocycles. The van der Waals surface area contributed by atoms with Crippen LogP contribution in [0.1, 0.15) is 33.6 Å². The van der Waals surface area contributed by atoms with Crippen LogP contribution < -0.4 is 0 Å². The van der Waals surface area contributed by atoms with Crippen molar-refractivity contribution < 1.29 is 4.74 Å². The third-order valence-corrected chi connectivity index (χ3v) is 2.90. The van der Waals surface area contributed by atoms with E-state index in [4.69, 9.17) is 16.3 Å². The second-order valence-corrected chi connectivity index (χ2v) is 4.08. The molecule has 0 amide bonds. The zero-order valence-corrected chi connectivity index (χ0v) is 10.7. The molecule has 0 spiro atoms. The summed E-state index contributed by atoms with van der Waals surface area (Å²) in [7, 11) is 1.75. The summed E-state index contributed by atoms with van der Waals surface area (Å²) >= 11 is 5.82. The van der Waals surface area contributed by atoms with Gasteiger partial charge in [0.1, 0.15) is 0 Å². The number of hydrogen-bond donors (Lipinski definition) is 0. The quantitative estimate of drug-likeness (QED) is 0.585. The molecule has 1 unspecified atom stereocenters. The summed E-state index contributed by atoms with van der Waals surface area (Å²) in [6.07, 6.45) is 2.36. The monoisotopic (exact) mass is 221 g/mol. The van der Waals surface area contributed by atoms with Gasteiger partial charge < -0.3 is 4.74 Å². The van der Waals surface area contributed by atoms with Crippen LogP contribution in [0.15, 0.2) is 0 Å². The minimum Gasteiger partial charge on any atom is -0.383 e. The summed E-state index contributed by atoms with van der Waals surface area (Å²) < 4.78 is 5.19. The van der Waals surface area contributed by atoms with Gasteiger partial charge in [-0.05, 0) is 19.8 Å². The maximum absolute atomic E-state index is 5.82. The molecule has 0 fully saturated rings. The van der Waals surface area contributed by atoms with E-state index in [0.29, 0.717) is 18.0 Å². The van der Waals surface area contributed by atoms with Crippen molar-refractivity contribution in [1.82, 2.24) is 4.90 Å². The van der Waals surface area contributed by atoms with Crippen molar-refractivity contribution in [2.45, 2.75) is 45.7 Å². The fourth-order valence-electron chi connectivity index (χ4n) is 1.96. The second-order valence-electron chi connectivity index (χ2n) is 3.70. The average molecular weight is 222 g/mol. The molecular weight excluding hydrogens is 198 g/mol. The van der Waals surface area contributed by atoms with Crippen molar-refractivity contribution in [3.8, 4) is 0 Å². The number of alkyl halides is 1. The molecule has 86 valence electrons. The predicted molar refractivity (Wildman–Crippen MR) is 63.1 cm³/mol. The number of ether oxygens (including phenoxy) is 1. The van der Waals surface area contributed by atoms with E-state index in [9.17, 15) is 0 Å². The molecule has 0 N–H and O–H groups in total. The lowest BCUT2D eigenvalue weighted by Crippen LogP contribution is -2.44. The molecule has 2 nitrogen and oxygen atoms in total. The van der Waals surface area contributed by atoms with Crippen molar-refractivity contribution in [1.29, 1.82) is 0 Å². The van der Waals surface area contributed by atoms with Crippen LogP contribution in [-0.4, -0.2) is 43.1 Å². The van der Waals surface area contributed by atoms with Crippen LogP contribution >= 0.6 is 11.6 Å². The fraction of sp³-hybridized carbons (Fsp3) is 1.00. The van der Waals surface area contributed by atoms with Gasteiger partial charge in [-0.3, -0.25) is 4.90 Å². The summed E-state index contributed by atoms with van der Waals surface area (Å²) in [6.45, 7) is 8.41. The summed E-state index contributed by atoms with van der Waals surface area (Å²) in [6, 6.07) is 1.10. The van der Waals surface area contributed by atoms with Crippen molar-refractivity contribution in [2.75, 3.05) is 26.1 Å². The minimum absolute atomic E-state index is 0.462. The maximum Gasteiger partial charge on any atom is 0.0615 e. The van der Waals surface area contributed by atoms with Crippen molar-refractivity contribution in [3.05, 3.63) is 0 Å². The minimum atomic E-state index is 0.462. The van der Waals surface area contributed by atoms with Gasteiger partial charge in [-0.1, -0.05) is 13.8 Å². The lowest BCUT2D eigenvalue weighted by Gasteiger charge is -2.34. The zero-order chi connectivity index (χ0) is 11.0. The van der Waals surface area contributed by atoms with Crippen LogP contribution in [0.5, 0.6) is 0 Å². The number of halogens is 1. The van der Waals surface area contributed by atoms with E-state index in [-0.39, 0.29) is 0 Å². The Hall–Kier alpha value is 0.210. The van der Waals surface area contributed by atoms with Crippen molar-refractivity contribution in [3.63, 3.8) is 0 Å². The van der Waals surface area contributed by atoms with E-state index in [1.54, 1.807) is 7.11 Å². The third-order valence-electron chi connectivity index (χ3n) is 2.73. The largest absolute Gasteiger partial charge is 0.383 e. The molecule has 0 heterocycles. The third kappa shape index (κ3) is 4.63. The number of hydrogen-bond acceptors (Lipinski definition) is 2. The molecule has 0 radical (unpaired) electrons. The molecule has 0 saturated carbocycles. The normalized spacial score (nSPS) is 13.9. The van der Waals surface area contributed by atoms with Crippen molar-refractivity contribution >= 4 is 11.6 Å². The van der Waals surface area contributed by atoms with Crippen LogP contribution in [0.2, 0.25) is 0 Å². The van der Waals surface area contributed by atoms with Gasteiger partial charge in [0.2, 0.25) is 0 Å². The number of methoxy groups -OCH3 is 1. The first-order chi connectivity index (χ1) is 6.71. The molecule has 0 aliphatic heterocycles. The molecule has 0 saturated heterocycles. The van der Waals surface area contributed by atoms with Crippen LogP contribution in [-0.2, 0) is 4.74 Å². The van der Waals surface area contributed by atoms with Crippen LogP contribution in [0, 0.1) is 0 Å². The van der Waals surface area contributed by atoms with Gasteiger partial charge in [0.25, 0.3) is 0 Å². The fourth-order valence-corrected chi connectivity index (χ4v) is 2.15. The summed E-state index contributed by atoms with van der Waals surface area (Å²) in [5.41, 5.74) is 0. The van der Waals surface area contributed by atoms with E-state index in [1.807, 2.05) is 0 Å². The second kappa shape index (κ2) is 8.51. The Morgan fingerprint density at radius 1 is 1.29 bits per heavy atom. The highest BCUT2D eigenvalue weighted by atomic mass is 35.5. The Balaban J connectivity index is 4.23. The van der Waals surface area contributed by atoms with E-state index < -0.39 is 0 Å². The first-order valence-electron chi connectivity index (χ1n) is 5.51. The standard InChI is InChI=1S/C11H24ClNO/c1-5-11(6-2)13(8-7-12)10(3)9-14-4/h10-11H,5-9H2,1-4H3. The molecule has 0 bridgehead atoms. The Morgan fingerprint density at radius 3 is 2.21 bits per heavy atom. The summed E-state index contributed by atoms with van der Waals surface area (Å²) in [4.78, 5) is 2.45. The van der Waals surface area contributed by atoms with Crippen LogP contribution in [0.3, 0.4) is 0 Å². The van der Waals surface area contributed by atoms with Gasteiger partial charge >= 0.3 is 0 Å². The molecule has 0 rings (SSSR count). The van der Waals surface area contributed by atoms with Crippen molar-refractivity contribution in [2.24, 2.45) is 0 Å². The Kier molecular flexibility index (Phi) is 8.64. The van der Waals surface area contributed by atoms with Gasteiger partial charge in [-0.15, -0.1) is 11.6 Å². The average Bonchev–Trinajstić information content (AvgIpc) is 2.18. The summed E-state index contributed by atoms with van der Waals surface area (Å²) in [5.74, 6) is 0.699. The molecule has 0 aliphatic rings. The molecule has 1 atom stereocenters.